The van der Waals surface area contributed by atoms with Crippen molar-refractivity contribution in [1.82, 2.24) is 0 Å². The van der Waals surface area contributed by atoms with Crippen molar-refractivity contribution in [3.63, 3.8) is 0 Å². The Bertz CT molecular complexity index is 1440. The Labute approximate surface area is 328 Å². The number of rotatable bonds is 6. The summed E-state index contributed by atoms with van der Waals surface area (Å²) in [5.74, 6) is 0. The molecule has 0 aromatic heterocycles. The Morgan fingerprint density at radius 3 is 0.909 bits per heavy atom. The molecule has 1 aliphatic carbocycles. The molecule has 0 N–H and O–H groups in total. The van der Waals surface area contributed by atoms with Gasteiger partial charge in [0, 0.05) is 0 Å². The highest BCUT2D eigenvalue weighted by Gasteiger charge is 2.34. The van der Waals surface area contributed by atoms with Crippen molar-refractivity contribution in [2.24, 2.45) is 0 Å². The van der Waals surface area contributed by atoms with Crippen LogP contribution in [0.2, 0.25) is 0 Å². The Morgan fingerprint density at radius 2 is 0.659 bits per heavy atom. The van der Waals surface area contributed by atoms with Gasteiger partial charge in [-0.1, -0.05) is 153 Å². The van der Waals surface area contributed by atoms with Crippen LogP contribution >= 0.6 is 188 Å². The van der Waals surface area contributed by atoms with Crippen molar-refractivity contribution in [2.75, 3.05) is 25.0 Å². The van der Waals surface area contributed by atoms with Crippen LogP contribution in [0.25, 0.3) is 0 Å². The van der Waals surface area contributed by atoms with E-state index in [1.807, 2.05) is 188 Å². The van der Waals surface area contributed by atoms with Gasteiger partial charge in [0.25, 0.3) is 0 Å². The zero-order valence-electron chi connectivity index (χ0n) is 23.4. The topological polar surface area (TPSA) is 0 Å². The second-order valence-electron chi connectivity index (χ2n) is 8.74. The van der Waals surface area contributed by atoms with Gasteiger partial charge < -0.3 is 0 Å². The molecule has 0 fully saturated rings. The summed E-state index contributed by atoms with van der Waals surface area (Å²) >= 11 is 30.8. The largest absolute Gasteiger partial charge is 0.121 e. The van der Waals surface area contributed by atoms with Gasteiger partial charge in [-0.3, -0.25) is 0 Å². The first-order valence-corrected chi connectivity index (χ1v) is 27.5. The van der Waals surface area contributed by atoms with E-state index in [-0.39, 0.29) is 0 Å². The lowest BCUT2D eigenvalue weighted by Gasteiger charge is -2.16. The highest BCUT2D eigenvalue weighted by Crippen LogP contribution is 2.69. The molecule has 6 heterocycles. The Morgan fingerprint density at radius 1 is 0.386 bits per heavy atom. The van der Waals surface area contributed by atoms with Gasteiger partial charge in [0.2, 0.25) is 0 Å². The summed E-state index contributed by atoms with van der Waals surface area (Å²) in [7, 11) is 0. The van der Waals surface area contributed by atoms with Crippen LogP contribution in [0.1, 0.15) is 12.8 Å². The first kappa shape index (κ1) is 35.2. The lowest BCUT2D eigenvalue weighted by atomic mass is 10.00. The molecule has 16 heteroatoms. The van der Waals surface area contributed by atoms with Gasteiger partial charge in [-0.05, 0) is 73.3 Å². The third-order valence-corrected chi connectivity index (χ3v) is 27.6. The first-order valence-electron chi connectivity index (χ1n) is 12.8. The van der Waals surface area contributed by atoms with Gasteiger partial charge in [-0.15, -0.1) is 47.0 Å². The second-order valence-corrected chi connectivity index (χ2v) is 28.1. The molecule has 0 spiro atoms. The lowest BCUT2D eigenvalue weighted by Crippen LogP contribution is -1.93. The van der Waals surface area contributed by atoms with E-state index in [1.165, 1.54) is 70.5 Å². The SMILES string of the molecule is CSC1=C(SC)SC(=CC=C2SC3=C(S2)SC(=C2C=CC(=C4SC5=C(SC(=CC=C6SC(SC)=C(SC)S6)S5)S4)CC2)S3)S1. The van der Waals surface area contributed by atoms with Crippen LogP contribution in [0.15, 0.2) is 107 Å². The summed E-state index contributed by atoms with van der Waals surface area (Å²) in [6, 6.07) is 0. The van der Waals surface area contributed by atoms with Crippen LogP contribution in [0, 0.1) is 0 Å². The third kappa shape index (κ3) is 8.11. The van der Waals surface area contributed by atoms with Crippen LogP contribution in [-0.4, -0.2) is 25.0 Å². The molecule has 0 bridgehead atoms. The summed E-state index contributed by atoms with van der Waals surface area (Å²) in [6.45, 7) is 0. The first-order chi connectivity index (χ1) is 21.5. The molecule has 0 saturated carbocycles. The average molecular weight is 872 g/mol. The summed E-state index contributed by atoms with van der Waals surface area (Å²) in [4.78, 5) is 0. The second kappa shape index (κ2) is 16.4. The predicted molar refractivity (Wildman–Crippen MR) is 238 cm³/mol. The van der Waals surface area contributed by atoms with Crippen molar-refractivity contribution >= 4 is 188 Å². The fourth-order valence-electron chi connectivity index (χ4n) is 4.06. The van der Waals surface area contributed by atoms with Crippen molar-refractivity contribution in [3.8, 4) is 0 Å². The maximum Gasteiger partial charge on any atom is 0.0717 e. The van der Waals surface area contributed by atoms with E-state index >= 15 is 0 Å². The van der Waals surface area contributed by atoms with E-state index in [1.54, 1.807) is 0 Å². The lowest BCUT2D eigenvalue weighted by molar-refractivity contribution is 0.949. The molecule has 7 aliphatic rings. The van der Waals surface area contributed by atoms with Crippen LogP contribution in [0.5, 0.6) is 0 Å². The summed E-state index contributed by atoms with van der Waals surface area (Å²) in [6.07, 6.45) is 25.0. The molecule has 6 aliphatic heterocycles. The molecular weight excluding hydrogens is 849 g/mol. The molecule has 0 aromatic rings. The quantitative estimate of drug-likeness (QED) is 0.248. The molecule has 0 nitrogen and oxygen atoms in total. The fourth-order valence-corrected chi connectivity index (χ4v) is 26.2. The maximum absolute atomic E-state index is 2.40. The van der Waals surface area contributed by atoms with Gasteiger partial charge in [-0.2, -0.15) is 0 Å². The Balaban J connectivity index is 0.912. The molecule has 0 amide bonds. The molecule has 0 atom stereocenters. The number of hydrogen-bond donors (Lipinski definition) is 0. The molecule has 44 heavy (non-hydrogen) atoms. The van der Waals surface area contributed by atoms with E-state index in [2.05, 4.69) is 61.5 Å². The molecular formula is C28H22S16. The molecule has 7 rings (SSSR count). The van der Waals surface area contributed by atoms with Gasteiger partial charge in [0.05, 0.1) is 59.3 Å². The standard InChI is InChI=1S/C28H22S16/c1-29-21-22(30-2)34-15(33-21)9-11-17-37-25-26(38-17)42-19(41-25)13-5-7-14(8-6-13)20-43-27-28(44-20)40-18(39-27)12-10-16-35-23(31-3)24(32-4)36-16/h5,7,9-12H,6,8H2,1-4H3. The molecule has 0 unspecified atom stereocenters. The fraction of sp³-hybridized carbons (Fsp3) is 0.214. The number of allylic oxidation sites excluding steroid dienone is 8. The van der Waals surface area contributed by atoms with Crippen molar-refractivity contribution in [3.05, 3.63) is 107 Å². The van der Waals surface area contributed by atoms with E-state index in [0.717, 1.165) is 12.8 Å². The van der Waals surface area contributed by atoms with Crippen LogP contribution < -0.4 is 0 Å². The zero-order chi connectivity index (χ0) is 30.2. The third-order valence-electron chi connectivity index (χ3n) is 6.08. The Kier molecular flexibility index (Phi) is 13.1. The van der Waals surface area contributed by atoms with Crippen LogP contribution in [-0.2, 0) is 0 Å². The normalized spacial score (nSPS) is 23.5. The summed E-state index contributed by atoms with van der Waals surface area (Å²) in [5.41, 5.74) is 3.02. The van der Waals surface area contributed by atoms with Gasteiger partial charge in [0.15, 0.2) is 0 Å². The molecule has 0 aromatic carbocycles. The van der Waals surface area contributed by atoms with E-state index in [0.29, 0.717) is 0 Å². The van der Waals surface area contributed by atoms with E-state index in [4.69, 9.17) is 0 Å². The van der Waals surface area contributed by atoms with Crippen molar-refractivity contribution in [2.45, 2.75) is 12.8 Å². The van der Waals surface area contributed by atoms with Crippen LogP contribution in [0.3, 0.4) is 0 Å². The van der Waals surface area contributed by atoms with E-state index < -0.39 is 0 Å². The van der Waals surface area contributed by atoms with Gasteiger partial charge in [0.1, 0.15) is 0 Å². The minimum atomic E-state index is 1.14. The monoisotopic (exact) mass is 870 g/mol. The zero-order valence-corrected chi connectivity index (χ0v) is 36.5. The summed E-state index contributed by atoms with van der Waals surface area (Å²) < 4.78 is 20.1. The average Bonchev–Trinajstić information content (AvgIpc) is 3.87. The minimum Gasteiger partial charge on any atom is -0.121 e. The van der Waals surface area contributed by atoms with Crippen LogP contribution in [0.4, 0.5) is 0 Å². The van der Waals surface area contributed by atoms with Gasteiger partial charge in [-0.25, -0.2) is 0 Å². The van der Waals surface area contributed by atoms with Crippen molar-refractivity contribution < 1.29 is 0 Å². The smallest absolute Gasteiger partial charge is 0.0717 e. The maximum atomic E-state index is 2.40. The highest BCUT2D eigenvalue weighted by atomic mass is 32.3. The predicted octanol–water partition coefficient (Wildman–Crippen LogP) is 16.0. The van der Waals surface area contributed by atoms with E-state index in [9.17, 15) is 0 Å². The molecule has 0 saturated heterocycles. The van der Waals surface area contributed by atoms with Crippen molar-refractivity contribution in [1.29, 1.82) is 0 Å². The molecule has 0 radical (unpaired) electrons. The Hall–Kier alpha value is 2.74. The minimum absolute atomic E-state index is 1.14. The number of hydrogen-bond acceptors (Lipinski definition) is 16. The molecule has 230 valence electrons. The summed E-state index contributed by atoms with van der Waals surface area (Å²) in [5, 5.41) is 0. The van der Waals surface area contributed by atoms with Gasteiger partial charge >= 0.3 is 0 Å². The highest BCUT2D eigenvalue weighted by molar-refractivity contribution is 8.49. The number of thioether (sulfide) groups is 16.